The lowest BCUT2D eigenvalue weighted by molar-refractivity contribution is 0.102. The number of likely N-dealkylation sites (tertiary alicyclic amines) is 1. The highest BCUT2D eigenvalue weighted by atomic mass is 16.5. The summed E-state index contributed by atoms with van der Waals surface area (Å²) in [5.74, 6) is 1.79. The number of hydrogen-bond donors (Lipinski definition) is 1. The summed E-state index contributed by atoms with van der Waals surface area (Å²) in [5, 5.41) is 2.94. The molecule has 7 nitrogen and oxygen atoms in total. The number of nitrogens with zero attached hydrogens (tertiary/aromatic N) is 3. The molecule has 1 amide bonds. The smallest absolute Gasteiger partial charge is 0.259 e. The Hall–Kier alpha value is -2.51. The van der Waals surface area contributed by atoms with Crippen LogP contribution in [-0.2, 0) is 11.2 Å². The topological polar surface area (TPSA) is 76.6 Å². The summed E-state index contributed by atoms with van der Waals surface area (Å²) < 4.78 is 10.3. The van der Waals surface area contributed by atoms with Crippen molar-refractivity contribution in [3.05, 3.63) is 47.5 Å². The van der Waals surface area contributed by atoms with E-state index in [0.717, 1.165) is 56.9 Å². The third-order valence-corrected chi connectivity index (χ3v) is 5.38. The molecule has 2 heterocycles. The van der Waals surface area contributed by atoms with Crippen LogP contribution in [0.2, 0.25) is 0 Å². The van der Waals surface area contributed by atoms with Crippen molar-refractivity contribution < 1.29 is 14.3 Å². The minimum Gasteiger partial charge on any atom is -0.497 e. The van der Waals surface area contributed by atoms with Crippen molar-refractivity contribution >= 4 is 11.6 Å². The van der Waals surface area contributed by atoms with Gasteiger partial charge in [0, 0.05) is 25.5 Å². The van der Waals surface area contributed by atoms with Crippen LogP contribution < -0.4 is 10.1 Å². The molecule has 0 unspecified atom stereocenters. The maximum Gasteiger partial charge on any atom is 0.259 e. The van der Waals surface area contributed by atoms with E-state index < -0.39 is 0 Å². The Morgan fingerprint density at radius 2 is 1.93 bits per heavy atom. The van der Waals surface area contributed by atoms with Gasteiger partial charge in [-0.25, -0.2) is 9.97 Å². The van der Waals surface area contributed by atoms with Crippen molar-refractivity contribution in [2.45, 2.75) is 26.2 Å². The number of carbonyl (C=O) groups excluding carboxylic acids is 1. The van der Waals surface area contributed by atoms with Gasteiger partial charge in [-0.05, 0) is 69.5 Å². The first-order valence-electron chi connectivity index (χ1n) is 10.1. The third kappa shape index (κ3) is 5.98. The fourth-order valence-electron chi connectivity index (χ4n) is 3.64. The highest BCUT2D eigenvalue weighted by Crippen LogP contribution is 2.23. The number of methoxy groups -OCH3 is 2. The number of aryl methyl sites for hydroxylation is 1. The molecule has 0 aliphatic carbocycles. The van der Waals surface area contributed by atoms with Crippen molar-refractivity contribution in [1.82, 2.24) is 14.9 Å². The monoisotopic (exact) mass is 398 g/mol. The van der Waals surface area contributed by atoms with Gasteiger partial charge >= 0.3 is 0 Å². The standard InChI is InChI=1S/C22H30N4O3/c1-16-23-15-20(22(27)25-18-4-6-19(29-3)7-5-18)21(24-16)14-17-8-10-26(11-9-17)12-13-28-2/h4-7,15,17H,8-14H2,1-3H3,(H,25,27). The van der Waals surface area contributed by atoms with Crippen LogP contribution in [0.25, 0.3) is 0 Å². The van der Waals surface area contributed by atoms with Crippen LogP contribution in [0.3, 0.4) is 0 Å². The summed E-state index contributed by atoms with van der Waals surface area (Å²) in [5.41, 5.74) is 2.10. The van der Waals surface area contributed by atoms with Crippen LogP contribution in [0, 0.1) is 12.8 Å². The first-order chi connectivity index (χ1) is 14.1. The minimum absolute atomic E-state index is 0.178. The molecule has 1 fully saturated rings. The summed E-state index contributed by atoms with van der Waals surface area (Å²) in [6.45, 7) is 5.73. The maximum absolute atomic E-state index is 12.9. The van der Waals surface area contributed by atoms with Gasteiger partial charge in [0.2, 0.25) is 0 Å². The van der Waals surface area contributed by atoms with Gasteiger partial charge < -0.3 is 19.7 Å². The molecule has 0 radical (unpaired) electrons. The molecule has 0 saturated carbocycles. The van der Waals surface area contributed by atoms with E-state index in [9.17, 15) is 4.79 Å². The van der Waals surface area contributed by atoms with Crippen LogP contribution >= 0.6 is 0 Å². The Bertz CT molecular complexity index is 802. The molecule has 0 spiro atoms. The quantitative estimate of drug-likeness (QED) is 0.737. The first kappa shape index (κ1) is 21.2. The number of anilines is 1. The van der Waals surface area contributed by atoms with E-state index in [1.54, 1.807) is 20.4 Å². The van der Waals surface area contributed by atoms with Crippen molar-refractivity contribution in [2.24, 2.45) is 5.92 Å². The van der Waals surface area contributed by atoms with Crippen molar-refractivity contribution in [1.29, 1.82) is 0 Å². The van der Waals surface area contributed by atoms with Gasteiger partial charge in [-0.2, -0.15) is 0 Å². The molecule has 2 aromatic rings. The Kier molecular flexibility index (Phi) is 7.55. The molecule has 7 heteroatoms. The lowest BCUT2D eigenvalue weighted by Gasteiger charge is -2.31. The summed E-state index contributed by atoms with van der Waals surface area (Å²) in [6, 6.07) is 7.28. The highest BCUT2D eigenvalue weighted by molar-refractivity contribution is 6.04. The fraction of sp³-hybridized carbons (Fsp3) is 0.500. The SMILES string of the molecule is COCCN1CCC(Cc2nc(C)ncc2C(=O)Nc2ccc(OC)cc2)CC1. The molecule has 29 heavy (non-hydrogen) atoms. The first-order valence-corrected chi connectivity index (χ1v) is 10.1. The Labute approximate surface area is 172 Å². The Morgan fingerprint density at radius 1 is 1.21 bits per heavy atom. The van der Waals surface area contributed by atoms with Gasteiger partial charge in [-0.1, -0.05) is 0 Å². The minimum atomic E-state index is -0.178. The molecule has 1 aliphatic heterocycles. The Morgan fingerprint density at radius 3 is 2.59 bits per heavy atom. The molecular weight excluding hydrogens is 368 g/mol. The number of rotatable bonds is 8. The van der Waals surface area contributed by atoms with E-state index in [4.69, 9.17) is 9.47 Å². The molecule has 0 bridgehead atoms. The number of carbonyl (C=O) groups is 1. The predicted molar refractivity (Wildman–Crippen MR) is 112 cm³/mol. The molecular formula is C22H30N4O3. The maximum atomic E-state index is 12.9. The number of aromatic nitrogens is 2. The van der Waals surface area contributed by atoms with Crippen LogP contribution in [0.5, 0.6) is 5.75 Å². The van der Waals surface area contributed by atoms with E-state index in [1.807, 2.05) is 31.2 Å². The van der Waals surface area contributed by atoms with Crippen LogP contribution in [0.15, 0.2) is 30.5 Å². The molecule has 1 aromatic carbocycles. The fourth-order valence-corrected chi connectivity index (χ4v) is 3.64. The normalized spacial score (nSPS) is 15.3. The van der Waals surface area contributed by atoms with E-state index in [-0.39, 0.29) is 5.91 Å². The second kappa shape index (κ2) is 10.3. The van der Waals surface area contributed by atoms with E-state index in [1.165, 1.54) is 0 Å². The van der Waals surface area contributed by atoms with Crippen molar-refractivity contribution in [2.75, 3.05) is 45.8 Å². The van der Waals surface area contributed by atoms with Crippen molar-refractivity contribution in [3.63, 3.8) is 0 Å². The zero-order valence-electron chi connectivity index (χ0n) is 17.5. The molecule has 1 aliphatic rings. The summed E-state index contributed by atoms with van der Waals surface area (Å²) >= 11 is 0. The molecule has 1 N–H and O–H groups in total. The number of amides is 1. The lowest BCUT2D eigenvalue weighted by Crippen LogP contribution is -2.36. The van der Waals surface area contributed by atoms with Gasteiger partial charge in [0.1, 0.15) is 11.6 Å². The van der Waals surface area contributed by atoms with Crippen LogP contribution in [0.4, 0.5) is 5.69 Å². The van der Waals surface area contributed by atoms with Gasteiger partial charge in [-0.15, -0.1) is 0 Å². The summed E-state index contributed by atoms with van der Waals surface area (Å²) in [7, 11) is 3.36. The average molecular weight is 399 g/mol. The Balaban J connectivity index is 1.65. The number of piperidine rings is 1. The van der Waals surface area contributed by atoms with E-state index >= 15 is 0 Å². The van der Waals surface area contributed by atoms with Gasteiger partial charge in [0.05, 0.1) is 25.0 Å². The summed E-state index contributed by atoms with van der Waals surface area (Å²) in [4.78, 5) is 24.2. The summed E-state index contributed by atoms with van der Waals surface area (Å²) in [6.07, 6.45) is 4.65. The second-order valence-corrected chi connectivity index (χ2v) is 7.44. The lowest BCUT2D eigenvalue weighted by atomic mass is 9.90. The van der Waals surface area contributed by atoms with Crippen LogP contribution in [-0.4, -0.2) is 61.2 Å². The molecule has 156 valence electrons. The highest BCUT2D eigenvalue weighted by Gasteiger charge is 2.23. The number of hydrogen-bond acceptors (Lipinski definition) is 6. The van der Waals surface area contributed by atoms with Gasteiger partial charge in [0.25, 0.3) is 5.91 Å². The number of nitrogens with one attached hydrogen (secondary N) is 1. The predicted octanol–water partition coefficient (Wildman–Crippen LogP) is 2.95. The van der Waals surface area contributed by atoms with E-state index in [2.05, 4.69) is 20.2 Å². The third-order valence-electron chi connectivity index (χ3n) is 5.38. The largest absolute Gasteiger partial charge is 0.497 e. The number of benzene rings is 1. The van der Waals surface area contributed by atoms with Crippen molar-refractivity contribution in [3.8, 4) is 5.75 Å². The van der Waals surface area contributed by atoms with Crippen LogP contribution in [0.1, 0.15) is 34.7 Å². The second-order valence-electron chi connectivity index (χ2n) is 7.44. The van der Waals surface area contributed by atoms with Gasteiger partial charge in [-0.3, -0.25) is 4.79 Å². The molecule has 1 aromatic heterocycles. The molecule has 3 rings (SSSR count). The molecule has 1 saturated heterocycles. The zero-order chi connectivity index (χ0) is 20.6. The molecule has 0 atom stereocenters. The zero-order valence-corrected chi connectivity index (χ0v) is 17.5. The van der Waals surface area contributed by atoms with E-state index in [0.29, 0.717) is 23.0 Å². The average Bonchev–Trinajstić information content (AvgIpc) is 2.74. The van der Waals surface area contributed by atoms with Gasteiger partial charge in [0.15, 0.2) is 0 Å². The number of ether oxygens (including phenoxy) is 2.